The molecule has 0 unspecified atom stereocenters. The highest BCUT2D eigenvalue weighted by atomic mass is 32.1. The van der Waals surface area contributed by atoms with E-state index in [1.54, 1.807) is 11.3 Å². The monoisotopic (exact) mass is 360 g/mol. The van der Waals surface area contributed by atoms with E-state index in [1.165, 1.54) is 11.1 Å². The fourth-order valence-electron chi connectivity index (χ4n) is 3.39. The van der Waals surface area contributed by atoms with Crippen molar-refractivity contribution in [1.82, 2.24) is 4.57 Å². The molecule has 4 heteroatoms. The molecule has 3 aromatic carbocycles. The van der Waals surface area contributed by atoms with Gasteiger partial charge in [0, 0.05) is 7.05 Å². The second kappa shape index (κ2) is 6.54. The minimum atomic E-state index is -0.113. The van der Waals surface area contributed by atoms with E-state index in [4.69, 9.17) is 0 Å². The Balaban J connectivity index is 1.75. The van der Waals surface area contributed by atoms with Gasteiger partial charge in [-0.05, 0) is 47.4 Å². The number of rotatable bonds is 2. The van der Waals surface area contributed by atoms with Crippen LogP contribution in [0, 0.1) is 13.8 Å². The summed E-state index contributed by atoms with van der Waals surface area (Å²) in [7, 11) is 1.98. The number of nitrogens with zero attached hydrogens (tertiary/aromatic N) is 2. The molecule has 0 saturated heterocycles. The molecule has 1 amide bonds. The van der Waals surface area contributed by atoms with Crippen LogP contribution in [0.5, 0.6) is 0 Å². The van der Waals surface area contributed by atoms with Crippen LogP contribution in [0.2, 0.25) is 0 Å². The highest BCUT2D eigenvalue weighted by Gasteiger charge is 2.10. The number of benzene rings is 3. The van der Waals surface area contributed by atoms with Crippen molar-refractivity contribution in [3.63, 3.8) is 0 Å². The van der Waals surface area contributed by atoms with E-state index in [1.807, 2.05) is 35.9 Å². The molecule has 1 aromatic heterocycles. The zero-order valence-corrected chi connectivity index (χ0v) is 15.9. The first-order chi connectivity index (χ1) is 12.5. The molecule has 0 aliphatic heterocycles. The molecule has 4 rings (SSSR count). The number of hydrogen-bond acceptors (Lipinski definition) is 2. The minimum Gasteiger partial charge on any atom is -0.319 e. The molecule has 0 radical (unpaired) electrons. The number of carbonyl (C=O) groups excluding carboxylic acids is 1. The molecular formula is C22H20N2OS. The topological polar surface area (TPSA) is 34.4 Å². The molecule has 0 N–H and O–H groups in total. The van der Waals surface area contributed by atoms with E-state index in [0.717, 1.165) is 31.4 Å². The molecule has 0 spiro atoms. The van der Waals surface area contributed by atoms with Gasteiger partial charge in [-0.1, -0.05) is 59.9 Å². The number of fused-ring (bicyclic) bond motifs is 2. The summed E-state index contributed by atoms with van der Waals surface area (Å²) >= 11 is 1.56. The largest absolute Gasteiger partial charge is 0.319 e. The third-order valence-electron chi connectivity index (χ3n) is 4.93. The van der Waals surface area contributed by atoms with Gasteiger partial charge in [0.25, 0.3) is 5.91 Å². The summed E-state index contributed by atoms with van der Waals surface area (Å²) in [6.45, 7) is 4.22. The predicted octanol–water partition coefficient (Wildman–Crippen LogP) is 4.68. The number of hydrogen-bond donors (Lipinski definition) is 0. The second-order valence-corrected chi connectivity index (χ2v) is 7.63. The zero-order valence-electron chi connectivity index (χ0n) is 15.1. The third-order valence-corrected chi connectivity index (χ3v) is 6.03. The number of aromatic nitrogens is 1. The predicted molar refractivity (Wildman–Crippen MR) is 108 cm³/mol. The van der Waals surface area contributed by atoms with Gasteiger partial charge in [0.2, 0.25) is 0 Å². The van der Waals surface area contributed by atoms with Crippen LogP contribution in [0.25, 0.3) is 21.0 Å². The maximum atomic E-state index is 12.6. The Labute approximate surface area is 156 Å². The van der Waals surface area contributed by atoms with E-state index in [-0.39, 0.29) is 5.91 Å². The first kappa shape index (κ1) is 16.7. The SMILES string of the molecule is Cc1ccc2sc(=NC(=O)Cc3cccc4ccccc34)n(C)c2c1C. The Morgan fingerprint density at radius 1 is 1.04 bits per heavy atom. The summed E-state index contributed by atoms with van der Waals surface area (Å²) in [5, 5.41) is 2.27. The van der Waals surface area contributed by atoms with Crippen molar-refractivity contribution >= 4 is 38.2 Å². The van der Waals surface area contributed by atoms with Gasteiger partial charge in [-0.3, -0.25) is 4.79 Å². The second-order valence-electron chi connectivity index (χ2n) is 6.62. The van der Waals surface area contributed by atoms with Gasteiger partial charge in [0.15, 0.2) is 4.80 Å². The molecule has 0 aliphatic carbocycles. The maximum Gasteiger partial charge on any atom is 0.252 e. The van der Waals surface area contributed by atoms with Crippen LogP contribution in [-0.4, -0.2) is 10.5 Å². The summed E-state index contributed by atoms with van der Waals surface area (Å²) in [5.41, 5.74) is 4.67. The lowest BCUT2D eigenvalue weighted by atomic mass is 10.0. The zero-order chi connectivity index (χ0) is 18.3. The van der Waals surface area contributed by atoms with Crippen molar-refractivity contribution in [2.24, 2.45) is 12.0 Å². The average molecular weight is 360 g/mol. The summed E-state index contributed by atoms with van der Waals surface area (Å²) < 4.78 is 3.19. The van der Waals surface area contributed by atoms with Crippen LogP contribution in [-0.2, 0) is 18.3 Å². The van der Waals surface area contributed by atoms with E-state index < -0.39 is 0 Å². The molecule has 0 aliphatic rings. The molecule has 130 valence electrons. The van der Waals surface area contributed by atoms with E-state index in [2.05, 4.69) is 49.2 Å². The summed E-state index contributed by atoms with van der Waals surface area (Å²) in [6, 6.07) is 18.4. The Morgan fingerprint density at radius 2 is 1.81 bits per heavy atom. The molecular weight excluding hydrogens is 340 g/mol. The van der Waals surface area contributed by atoms with E-state index in [0.29, 0.717) is 6.42 Å². The van der Waals surface area contributed by atoms with Crippen LogP contribution in [0.4, 0.5) is 0 Å². The lowest BCUT2D eigenvalue weighted by Gasteiger charge is -2.04. The van der Waals surface area contributed by atoms with Crippen LogP contribution in [0.1, 0.15) is 16.7 Å². The van der Waals surface area contributed by atoms with Crippen LogP contribution in [0.3, 0.4) is 0 Å². The third kappa shape index (κ3) is 2.86. The number of aryl methyl sites for hydroxylation is 3. The van der Waals surface area contributed by atoms with Gasteiger partial charge in [-0.25, -0.2) is 0 Å². The molecule has 1 heterocycles. The Kier molecular flexibility index (Phi) is 4.21. The van der Waals surface area contributed by atoms with E-state index in [9.17, 15) is 4.79 Å². The quantitative estimate of drug-likeness (QED) is 0.511. The van der Waals surface area contributed by atoms with Crippen molar-refractivity contribution in [2.75, 3.05) is 0 Å². The first-order valence-corrected chi connectivity index (χ1v) is 9.46. The molecule has 26 heavy (non-hydrogen) atoms. The number of thiazole rings is 1. The van der Waals surface area contributed by atoms with E-state index >= 15 is 0 Å². The Morgan fingerprint density at radius 3 is 2.65 bits per heavy atom. The fraction of sp³-hybridized carbons (Fsp3) is 0.182. The Bertz CT molecular complexity index is 1210. The average Bonchev–Trinajstić information content (AvgIpc) is 2.95. The first-order valence-electron chi connectivity index (χ1n) is 8.64. The van der Waals surface area contributed by atoms with Gasteiger partial charge >= 0.3 is 0 Å². The molecule has 0 saturated carbocycles. The summed E-state index contributed by atoms with van der Waals surface area (Å²) in [4.78, 5) is 17.8. The van der Waals surface area contributed by atoms with Gasteiger partial charge in [0.05, 0.1) is 16.6 Å². The van der Waals surface area contributed by atoms with Gasteiger partial charge < -0.3 is 4.57 Å². The number of amides is 1. The summed E-state index contributed by atoms with van der Waals surface area (Å²) in [5.74, 6) is -0.113. The van der Waals surface area contributed by atoms with Crippen molar-refractivity contribution < 1.29 is 4.79 Å². The van der Waals surface area contributed by atoms with Gasteiger partial charge in [-0.15, -0.1) is 0 Å². The highest BCUT2D eigenvalue weighted by molar-refractivity contribution is 7.16. The Hall–Kier alpha value is -2.72. The normalized spacial score (nSPS) is 12.2. The molecule has 4 aromatic rings. The van der Waals surface area contributed by atoms with Crippen LogP contribution >= 0.6 is 11.3 Å². The van der Waals surface area contributed by atoms with Crippen molar-refractivity contribution in [3.8, 4) is 0 Å². The van der Waals surface area contributed by atoms with Crippen LogP contribution < -0.4 is 4.80 Å². The summed E-state index contributed by atoms with van der Waals surface area (Å²) in [6.07, 6.45) is 0.313. The highest BCUT2D eigenvalue weighted by Crippen LogP contribution is 2.23. The number of carbonyl (C=O) groups is 1. The molecule has 0 bridgehead atoms. The maximum absolute atomic E-state index is 12.6. The van der Waals surface area contributed by atoms with Crippen molar-refractivity contribution in [1.29, 1.82) is 0 Å². The fourth-order valence-corrected chi connectivity index (χ4v) is 4.49. The standard InChI is InChI=1S/C22H20N2OS/c1-14-11-12-19-21(15(14)2)24(3)22(26-19)23-20(25)13-17-9-6-8-16-7-4-5-10-18(16)17/h4-12H,13H2,1-3H3. The smallest absolute Gasteiger partial charge is 0.252 e. The van der Waals surface area contributed by atoms with Gasteiger partial charge in [0.1, 0.15) is 0 Å². The molecule has 0 atom stereocenters. The molecule has 0 fully saturated rings. The lowest BCUT2D eigenvalue weighted by molar-refractivity contribution is -0.117. The van der Waals surface area contributed by atoms with Crippen molar-refractivity contribution in [2.45, 2.75) is 20.3 Å². The van der Waals surface area contributed by atoms with Crippen LogP contribution in [0.15, 0.2) is 59.6 Å². The van der Waals surface area contributed by atoms with Crippen molar-refractivity contribution in [3.05, 3.63) is 76.1 Å². The minimum absolute atomic E-state index is 0.113. The van der Waals surface area contributed by atoms with Gasteiger partial charge in [-0.2, -0.15) is 4.99 Å². The molecule has 3 nitrogen and oxygen atoms in total. The lowest BCUT2D eigenvalue weighted by Crippen LogP contribution is -2.14.